The number of hydrogen-bond donors (Lipinski definition) is 1. The van der Waals surface area contributed by atoms with Gasteiger partial charge in [-0.25, -0.2) is 9.48 Å². The number of carbonyl (C=O) groups is 1. The van der Waals surface area contributed by atoms with Crippen molar-refractivity contribution >= 4 is 33.2 Å². The minimum atomic E-state index is -0.973. The highest BCUT2D eigenvalue weighted by molar-refractivity contribution is 9.10. The average molecular weight is 363 g/mol. The molecular formula is C15H11BrN2O2S. The first-order chi connectivity index (χ1) is 10.0. The maximum Gasteiger partial charge on any atom is 0.339 e. The van der Waals surface area contributed by atoms with Gasteiger partial charge in [0.05, 0.1) is 10.6 Å². The molecule has 0 aliphatic carbocycles. The lowest BCUT2D eigenvalue weighted by molar-refractivity contribution is 0.0697. The molecule has 0 aliphatic heterocycles. The first-order valence-corrected chi connectivity index (χ1v) is 7.81. The lowest BCUT2D eigenvalue weighted by Crippen LogP contribution is -1.96. The normalized spacial score (nSPS) is 10.8. The molecule has 6 heteroatoms. The molecule has 4 nitrogen and oxygen atoms in total. The molecular weight excluding hydrogens is 352 g/mol. The summed E-state index contributed by atoms with van der Waals surface area (Å²) in [6, 6.07) is 11.4. The first kappa shape index (κ1) is 14.0. The molecule has 2 heterocycles. The van der Waals surface area contributed by atoms with E-state index < -0.39 is 5.97 Å². The summed E-state index contributed by atoms with van der Waals surface area (Å²) in [5.74, 6) is -0.973. The van der Waals surface area contributed by atoms with Crippen LogP contribution in [0.25, 0.3) is 16.3 Å². The van der Waals surface area contributed by atoms with E-state index >= 15 is 0 Å². The van der Waals surface area contributed by atoms with Crippen LogP contribution in [0, 0.1) is 6.92 Å². The van der Waals surface area contributed by atoms with Gasteiger partial charge in [-0.15, -0.1) is 11.3 Å². The number of carboxylic acid groups (broad SMARTS) is 1. The zero-order chi connectivity index (χ0) is 15.0. The van der Waals surface area contributed by atoms with Gasteiger partial charge in [-0.3, -0.25) is 0 Å². The Morgan fingerprint density at radius 1 is 1.24 bits per heavy atom. The maximum atomic E-state index is 11.4. The predicted molar refractivity (Wildman–Crippen MR) is 86.3 cm³/mol. The van der Waals surface area contributed by atoms with Crippen LogP contribution in [0.15, 0.2) is 47.1 Å². The third-order valence-electron chi connectivity index (χ3n) is 3.01. The number of benzene rings is 1. The lowest BCUT2D eigenvalue weighted by atomic mass is 10.2. The Hall–Kier alpha value is -1.92. The molecule has 0 radical (unpaired) electrons. The topological polar surface area (TPSA) is 55.1 Å². The molecule has 0 fully saturated rings. The van der Waals surface area contributed by atoms with Crippen LogP contribution >= 0.6 is 27.3 Å². The highest BCUT2D eigenvalue weighted by Crippen LogP contribution is 2.30. The van der Waals surface area contributed by atoms with Crippen molar-refractivity contribution in [2.45, 2.75) is 6.92 Å². The smallest absolute Gasteiger partial charge is 0.339 e. The van der Waals surface area contributed by atoms with Gasteiger partial charge in [-0.1, -0.05) is 15.9 Å². The van der Waals surface area contributed by atoms with Crippen molar-refractivity contribution < 1.29 is 9.90 Å². The van der Waals surface area contributed by atoms with E-state index in [1.54, 1.807) is 10.9 Å². The summed E-state index contributed by atoms with van der Waals surface area (Å²) in [6.45, 7) is 1.99. The van der Waals surface area contributed by atoms with Crippen LogP contribution in [-0.4, -0.2) is 20.9 Å². The fraction of sp³-hybridized carbons (Fsp3) is 0.0667. The molecule has 0 unspecified atom stereocenters. The number of nitrogens with zero attached hydrogens (tertiary/aromatic N) is 2. The summed E-state index contributed by atoms with van der Waals surface area (Å²) in [5.41, 5.74) is 1.53. The van der Waals surface area contributed by atoms with Crippen LogP contribution in [-0.2, 0) is 0 Å². The number of thiophene rings is 1. The van der Waals surface area contributed by atoms with Gasteiger partial charge in [0.15, 0.2) is 0 Å². The van der Waals surface area contributed by atoms with Crippen molar-refractivity contribution in [2.75, 3.05) is 0 Å². The monoisotopic (exact) mass is 362 g/mol. The van der Waals surface area contributed by atoms with Gasteiger partial charge in [0.25, 0.3) is 0 Å². The number of carboxylic acids is 1. The van der Waals surface area contributed by atoms with Crippen molar-refractivity contribution in [3.8, 4) is 16.3 Å². The Bertz CT molecular complexity index is 805. The number of aryl methyl sites for hydroxylation is 1. The second-order valence-corrected chi connectivity index (χ2v) is 6.73. The van der Waals surface area contributed by atoms with Crippen molar-refractivity contribution in [1.29, 1.82) is 0 Å². The minimum absolute atomic E-state index is 0.208. The van der Waals surface area contributed by atoms with Gasteiger partial charge in [0.1, 0.15) is 11.3 Å². The molecule has 0 saturated heterocycles. The zero-order valence-corrected chi connectivity index (χ0v) is 13.5. The van der Waals surface area contributed by atoms with Gasteiger partial charge < -0.3 is 5.11 Å². The van der Waals surface area contributed by atoms with Crippen LogP contribution in [0.2, 0.25) is 0 Å². The van der Waals surface area contributed by atoms with Crippen molar-refractivity contribution in [3.05, 3.63) is 57.5 Å². The van der Waals surface area contributed by atoms with E-state index in [0.717, 1.165) is 19.9 Å². The quantitative estimate of drug-likeness (QED) is 0.752. The Kier molecular flexibility index (Phi) is 3.65. The number of aromatic nitrogens is 2. The van der Waals surface area contributed by atoms with Crippen molar-refractivity contribution in [2.24, 2.45) is 0 Å². The molecule has 1 aromatic carbocycles. The SMILES string of the molecule is Cc1ccc(-c2nn(-c3ccc(Br)cc3)cc2C(=O)O)s1. The van der Waals surface area contributed by atoms with Crippen molar-refractivity contribution in [1.82, 2.24) is 9.78 Å². The van der Waals surface area contributed by atoms with Crippen LogP contribution in [0.1, 0.15) is 15.2 Å². The summed E-state index contributed by atoms with van der Waals surface area (Å²) >= 11 is 4.91. The number of hydrogen-bond acceptors (Lipinski definition) is 3. The molecule has 2 aromatic heterocycles. The van der Waals surface area contributed by atoms with Gasteiger partial charge in [0.2, 0.25) is 0 Å². The van der Waals surface area contributed by atoms with E-state index in [9.17, 15) is 9.90 Å². The number of rotatable bonds is 3. The van der Waals surface area contributed by atoms with E-state index in [1.165, 1.54) is 11.3 Å². The van der Waals surface area contributed by atoms with E-state index in [1.807, 2.05) is 43.3 Å². The molecule has 0 spiro atoms. The first-order valence-electron chi connectivity index (χ1n) is 6.20. The highest BCUT2D eigenvalue weighted by Gasteiger charge is 2.18. The Balaban J connectivity index is 2.12. The summed E-state index contributed by atoms with van der Waals surface area (Å²) < 4.78 is 2.56. The average Bonchev–Trinajstić information content (AvgIpc) is 3.05. The van der Waals surface area contributed by atoms with Crippen molar-refractivity contribution in [3.63, 3.8) is 0 Å². The van der Waals surface area contributed by atoms with E-state index in [0.29, 0.717) is 5.69 Å². The molecule has 21 heavy (non-hydrogen) atoms. The highest BCUT2D eigenvalue weighted by atomic mass is 79.9. The molecule has 0 atom stereocenters. The van der Waals surface area contributed by atoms with Crippen LogP contribution in [0.4, 0.5) is 0 Å². The van der Waals surface area contributed by atoms with Gasteiger partial charge in [0, 0.05) is 15.5 Å². The van der Waals surface area contributed by atoms with Gasteiger partial charge in [-0.2, -0.15) is 5.10 Å². The molecule has 0 amide bonds. The van der Waals surface area contributed by atoms with E-state index in [2.05, 4.69) is 21.0 Å². The Morgan fingerprint density at radius 3 is 2.52 bits per heavy atom. The predicted octanol–water partition coefficient (Wildman–Crippen LogP) is 4.37. The van der Waals surface area contributed by atoms with Crippen LogP contribution < -0.4 is 0 Å². The van der Waals surface area contributed by atoms with Crippen LogP contribution in [0.3, 0.4) is 0 Å². The van der Waals surface area contributed by atoms with Crippen LogP contribution in [0.5, 0.6) is 0 Å². The molecule has 106 valence electrons. The standard InChI is InChI=1S/C15H11BrN2O2S/c1-9-2-7-13(21-9)14-12(15(19)20)8-18(17-14)11-5-3-10(16)4-6-11/h2-8H,1H3,(H,19,20). The lowest BCUT2D eigenvalue weighted by Gasteiger charge is -2.00. The molecule has 1 N–H and O–H groups in total. The fourth-order valence-corrected chi connectivity index (χ4v) is 3.13. The third-order valence-corrected chi connectivity index (χ3v) is 4.55. The Labute approximate surface area is 133 Å². The molecule has 3 rings (SSSR count). The summed E-state index contributed by atoms with van der Waals surface area (Å²) in [7, 11) is 0. The summed E-state index contributed by atoms with van der Waals surface area (Å²) in [5, 5.41) is 13.8. The largest absolute Gasteiger partial charge is 0.478 e. The molecule has 0 saturated carbocycles. The fourth-order valence-electron chi connectivity index (χ4n) is 2.00. The molecule has 0 bridgehead atoms. The summed E-state index contributed by atoms with van der Waals surface area (Å²) in [4.78, 5) is 13.4. The maximum absolute atomic E-state index is 11.4. The third kappa shape index (κ3) is 2.77. The second-order valence-electron chi connectivity index (χ2n) is 4.53. The number of halogens is 1. The summed E-state index contributed by atoms with van der Waals surface area (Å²) in [6.07, 6.45) is 1.55. The van der Waals surface area contributed by atoms with E-state index in [4.69, 9.17) is 0 Å². The van der Waals surface area contributed by atoms with Gasteiger partial charge in [-0.05, 0) is 43.3 Å². The second kappa shape index (κ2) is 5.46. The minimum Gasteiger partial charge on any atom is -0.478 e. The zero-order valence-electron chi connectivity index (χ0n) is 11.1. The Morgan fingerprint density at radius 2 is 1.95 bits per heavy atom. The van der Waals surface area contributed by atoms with E-state index in [-0.39, 0.29) is 5.56 Å². The molecule has 0 aliphatic rings. The number of aromatic carboxylic acids is 1. The molecule has 3 aromatic rings. The van der Waals surface area contributed by atoms with Gasteiger partial charge >= 0.3 is 5.97 Å².